The van der Waals surface area contributed by atoms with E-state index in [9.17, 15) is 9.18 Å². The minimum Gasteiger partial charge on any atom is -0.484 e. The first-order valence-corrected chi connectivity index (χ1v) is 9.62. The first-order valence-electron chi connectivity index (χ1n) is 9.62. The summed E-state index contributed by atoms with van der Waals surface area (Å²) in [5.74, 6) is 1.04. The fraction of sp³-hybridized carbons (Fsp3) is 0.273. The molecule has 1 amide bonds. The van der Waals surface area contributed by atoms with Crippen LogP contribution in [-0.2, 0) is 4.79 Å². The van der Waals surface area contributed by atoms with Crippen LogP contribution in [0.2, 0.25) is 0 Å². The van der Waals surface area contributed by atoms with E-state index in [4.69, 9.17) is 4.74 Å². The summed E-state index contributed by atoms with van der Waals surface area (Å²) in [5, 5.41) is 0. The number of carbonyl (C=O) groups is 1. The molecule has 0 bridgehead atoms. The third-order valence-electron chi connectivity index (χ3n) is 5.00. The van der Waals surface area contributed by atoms with Crippen molar-refractivity contribution < 1.29 is 13.9 Å². The number of halogens is 1. The summed E-state index contributed by atoms with van der Waals surface area (Å²) in [7, 11) is 0. The molecule has 4 rings (SSSR count). The van der Waals surface area contributed by atoms with Crippen molar-refractivity contribution in [3.05, 3.63) is 72.3 Å². The molecule has 0 radical (unpaired) electrons. The fourth-order valence-corrected chi connectivity index (χ4v) is 3.46. The lowest BCUT2D eigenvalue weighted by atomic mass is 10.2. The SMILES string of the molecule is Cc1cccc(OCC(=O)N2CCN(c3nccn3-c3ccccc3F)CC2)c1. The van der Waals surface area contributed by atoms with Crippen LogP contribution in [0.5, 0.6) is 5.75 Å². The number of anilines is 1. The van der Waals surface area contributed by atoms with Crippen LogP contribution in [0.4, 0.5) is 10.3 Å². The van der Waals surface area contributed by atoms with Crippen LogP contribution in [0, 0.1) is 12.7 Å². The van der Waals surface area contributed by atoms with E-state index in [0.717, 1.165) is 5.56 Å². The van der Waals surface area contributed by atoms with E-state index in [-0.39, 0.29) is 18.3 Å². The van der Waals surface area contributed by atoms with Gasteiger partial charge in [0.05, 0.1) is 5.69 Å². The van der Waals surface area contributed by atoms with E-state index < -0.39 is 0 Å². The second kappa shape index (κ2) is 8.34. The number of ether oxygens (including phenoxy) is 1. The van der Waals surface area contributed by atoms with Gasteiger partial charge in [0.15, 0.2) is 6.61 Å². The van der Waals surface area contributed by atoms with Gasteiger partial charge in [0.25, 0.3) is 5.91 Å². The summed E-state index contributed by atoms with van der Waals surface area (Å²) < 4.78 is 21.6. The van der Waals surface area contributed by atoms with Crippen molar-refractivity contribution in [1.82, 2.24) is 14.5 Å². The average molecular weight is 394 g/mol. The Labute approximate surface area is 169 Å². The molecule has 2 heterocycles. The average Bonchev–Trinajstić information content (AvgIpc) is 3.22. The Hall–Kier alpha value is -3.35. The number of aryl methyl sites for hydroxylation is 1. The van der Waals surface area contributed by atoms with Crippen molar-refractivity contribution in [2.45, 2.75) is 6.92 Å². The van der Waals surface area contributed by atoms with Crippen molar-refractivity contribution in [3.63, 3.8) is 0 Å². The highest BCUT2D eigenvalue weighted by Crippen LogP contribution is 2.22. The van der Waals surface area contributed by atoms with Crippen molar-refractivity contribution in [2.24, 2.45) is 0 Å². The quantitative estimate of drug-likeness (QED) is 0.668. The van der Waals surface area contributed by atoms with Gasteiger partial charge in [-0.2, -0.15) is 0 Å². The second-order valence-electron chi connectivity index (χ2n) is 7.02. The molecule has 1 aromatic heterocycles. The predicted octanol–water partition coefficient (Wildman–Crippen LogP) is 3.05. The number of piperazine rings is 1. The lowest BCUT2D eigenvalue weighted by molar-refractivity contribution is -0.133. The number of amides is 1. The number of carbonyl (C=O) groups excluding carboxylic acids is 1. The van der Waals surface area contributed by atoms with E-state index in [1.54, 1.807) is 40.1 Å². The Bertz CT molecular complexity index is 996. The van der Waals surface area contributed by atoms with Gasteiger partial charge < -0.3 is 14.5 Å². The van der Waals surface area contributed by atoms with Gasteiger partial charge in [-0.05, 0) is 36.8 Å². The summed E-state index contributed by atoms with van der Waals surface area (Å²) in [6.07, 6.45) is 3.41. The van der Waals surface area contributed by atoms with E-state index >= 15 is 0 Å². The topological polar surface area (TPSA) is 50.6 Å². The maximum Gasteiger partial charge on any atom is 0.260 e. The molecule has 1 fully saturated rings. The predicted molar refractivity (Wildman–Crippen MR) is 109 cm³/mol. The third kappa shape index (κ3) is 4.23. The molecule has 29 heavy (non-hydrogen) atoms. The molecule has 1 aliphatic rings. The zero-order chi connectivity index (χ0) is 20.2. The molecular weight excluding hydrogens is 371 g/mol. The molecule has 1 aliphatic heterocycles. The van der Waals surface area contributed by atoms with Gasteiger partial charge in [0.2, 0.25) is 5.95 Å². The zero-order valence-corrected chi connectivity index (χ0v) is 16.3. The van der Waals surface area contributed by atoms with Crippen LogP contribution in [0.3, 0.4) is 0 Å². The number of aromatic nitrogens is 2. The normalized spacial score (nSPS) is 14.1. The van der Waals surface area contributed by atoms with Gasteiger partial charge in [-0.1, -0.05) is 24.3 Å². The summed E-state index contributed by atoms with van der Waals surface area (Å²) in [6, 6.07) is 14.3. The summed E-state index contributed by atoms with van der Waals surface area (Å²) in [6.45, 7) is 4.40. The molecule has 150 valence electrons. The molecule has 0 saturated carbocycles. The highest BCUT2D eigenvalue weighted by atomic mass is 19.1. The van der Waals surface area contributed by atoms with E-state index in [2.05, 4.69) is 9.88 Å². The Morgan fingerprint density at radius 2 is 1.90 bits per heavy atom. The van der Waals surface area contributed by atoms with E-state index in [1.807, 2.05) is 31.2 Å². The highest BCUT2D eigenvalue weighted by Gasteiger charge is 2.24. The number of para-hydroxylation sites is 1. The zero-order valence-electron chi connectivity index (χ0n) is 16.3. The van der Waals surface area contributed by atoms with Crippen molar-refractivity contribution >= 4 is 11.9 Å². The smallest absolute Gasteiger partial charge is 0.260 e. The van der Waals surface area contributed by atoms with Gasteiger partial charge in [0, 0.05) is 38.6 Å². The number of imidazole rings is 1. The van der Waals surface area contributed by atoms with Gasteiger partial charge in [-0.3, -0.25) is 9.36 Å². The molecule has 0 aliphatic carbocycles. The highest BCUT2D eigenvalue weighted by molar-refractivity contribution is 5.78. The Balaban J connectivity index is 1.36. The number of benzene rings is 2. The third-order valence-corrected chi connectivity index (χ3v) is 5.00. The number of hydrogen-bond donors (Lipinski definition) is 0. The molecule has 7 heteroatoms. The van der Waals surface area contributed by atoms with Crippen LogP contribution in [-0.4, -0.2) is 53.1 Å². The standard InChI is InChI=1S/C22H23FN4O2/c1-17-5-4-6-18(15-17)29-16-21(28)25-11-13-26(14-12-25)22-24-9-10-27(22)20-8-3-2-7-19(20)23/h2-10,15H,11-14,16H2,1H3. The van der Waals surface area contributed by atoms with E-state index in [0.29, 0.717) is 43.6 Å². The van der Waals surface area contributed by atoms with Crippen LogP contribution in [0.25, 0.3) is 5.69 Å². The van der Waals surface area contributed by atoms with Crippen molar-refractivity contribution in [1.29, 1.82) is 0 Å². The lowest BCUT2D eigenvalue weighted by Crippen LogP contribution is -2.50. The minimum absolute atomic E-state index is 0.0211. The molecule has 2 aromatic carbocycles. The Morgan fingerprint density at radius 3 is 2.66 bits per heavy atom. The summed E-state index contributed by atoms with van der Waals surface area (Å²) >= 11 is 0. The molecule has 0 spiro atoms. The molecular formula is C22H23FN4O2. The van der Waals surface area contributed by atoms with Crippen molar-refractivity contribution in [3.8, 4) is 11.4 Å². The first-order chi connectivity index (χ1) is 14.1. The molecule has 6 nitrogen and oxygen atoms in total. The Morgan fingerprint density at radius 1 is 1.10 bits per heavy atom. The lowest BCUT2D eigenvalue weighted by Gasteiger charge is -2.35. The molecule has 0 N–H and O–H groups in total. The van der Waals surface area contributed by atoms with E-state index in [1.165, 1.54) is 6.07 Å². The van der Waals surface area contributed by atoms with Crippen molar-refractivity contribution in [2.75, 3.05) is 37.7 Å². The summed E-state index contributed by atoms with van der Waals surface area (Å²) in [5.41, 5.74) is 1.55. The van der Waals surface area contributed by atoms with Crippen LogP contribution in [0.15, 0.2) is 60.9 Å². The maximum absolute atomic E-state index is 14.2. The summed E-state index contributed by atoms with van der Waals surface area (Å²) in [4.78, 5) is 20.8. The van der Waals surface area contributed by atoms with Gasteiger partial charge in [-0.15, -0.1) is 0 Å². The monoisotopic (exact) mass is 394 g/mol. The van der Waals surface area contributed by atoms with Crippen LogP contribution >= 0.6 is 0 Å². The second-order valence-corrected chi connectivity index (χ2v) is 7.02. The first kappa shape index (κ1) is 19.0. The fourth-order valence-electron chi connectivity index (χ4n) is 3.46. The molecule has 0 unspecified atom stereocenters. The van der Waals surface area contributed by atoms with Crippen LogP contribution < -0.4 is 9.64 Å². The largest absolute Gasteiger partial charge is 0.484 e. The molecule has 1 saturated heterocycles. The van der Waals surface area contributed by atoms with Gasteiger partial charge in [-0.25, -0.2) is 9.37 Å². The number of rotatable bonds is 5. The van der Waals surface area contributed by atoms with Crippen LogP contribution in [0.1, 0.15) is 5.56 Å². The van der Waals surface area contributed by atoms with Gasteiger partial charge in [0.1, 0.15) is 11.6 Å². The number of hydrogen-bond acceptors (Lipinski definition) is 4. The molecule has 0 atom stereocenters. The Kier molecular flexibility index (Phi) is 5.46. The molecule has 3 aromatic rings. The van der Waals surface area contributed by atoms with Gasteiger partial charge >= 0.3 is 0 Å². The number of nitrogens with zero attached hydrogens (tertiary/aromatic N) is 4. The minimum atomic E-state index is -0.297. The maximum atomic E-state index is 14.2.